The Kier molecular flexibility index (Phi) is 4.71. The fourth-order valence-electron chi connectivity index (χ4n) is 2.38. The minimum absolute atomic E-state index is 0.0224. The Hall–Kier alpha value is -1.36. The summed E-state index contributed by atoms with van der Waals surface area (Å²) in [5.74, 6) is -0.0224. The Morgan fingerprint density at radius 3 is 2.43 bits per heavy atom. The lowest BCUT2D eigenvalue weighted by Gasteiger charge is -2.28. The van der Waals surface area contributed by atoms with Gasteiger partial charge in [-0.3, -0.25) is 9.69 Å². The van der Waals surface area contributed by atoms with Gasteiger partial charge in [-0.05, 0) is 45.7 Å². The molecular formula is C16H20BrNO3. The lowest BCUT2D eigenvalue weighted by molar-refractivity contribution is 0.0222. The van der Waals surface area contributed by atoms with Crippen molar-refractivity contribution in [2.24, 2.45) is 0 Å². The molecule has 1 saturated heterocycles. The van der Waals surface area contributed by atoms with E-state index in [0.29, 0.717) is 18.5 Å². The second-order valence-corrected chi connectivity index (χ2v) is 7.12. The molecule has 1 amide bonds. The summed E-state index contributed by atoms with van der Waals surface area (Å²) in [5, 5.41) is 0. The fourth-order valence-corrected chi connectivity index (χ4v) is 2.65. The average molecular weight is 354 g/mol. The summed E-state index contributed by atoms with van der Waals surface area (Å²) in [4.78, 5) is 26.3. The molecule has 1 aliphatic rings. The zero-order valence-electron chi connectivity index (χ0n) is 12.6. The smallest absolute Gasteiger partial charge is 0.410 e. The monoisotopic (exact) mass is 353 g/mol. The Bertz CT molecular complexity index is 533. The van der Waals surface area contributed by atoms with Gasteiger partial charge in [-0.1, -0.05) is 28.1 Å². The standard InChI is InChI=1S/C16H20BrNO3/c1-16(2,3)21-15(20)18-10-4-5-13(18)14(19)11-6-8-12(17)9-7-11/h6-9,13H,4-5,10H2,1-3H3/t13-/m0/s1. The molecule has 1 heterocycles. The number of likely N-dealkylation sites (tertiary alicyclic amines) is 1. The zero-order chi connectivity index (χ0) is 15.6. The number of hydrogen-bond donors (Lipinski definition) is 0. The molecule has 1 aromatic rings. The highest BCUT2D eigenvalue weighted by atomic mass is 79.9. The van der Waals surface area contributed by atoms with Crippen LogP contribution in [0.2, 0.25) is 0 Å². The van der Waals surface area contributed by atoms with Crippen molar-refractivity contribution >= 4 is 27.8 Å². The Morgan fingerprint density at radius 1 is 1.24 bits per heavy atom. The molecule has 0 saturated carbocycles. The van der Waals surface area contributed by atoms with Crippen LogP contribution in [-0.2, 0) is 4.74 Å². The fraction of sp³-hybridized carbons (Fsp3) is 0.500. The molecular weight excluding hydrogens is 334 g/mol. The van der Waals surface area contributed by atoms with E-state index in [9.17, 15) is 9.59 Å². The van der Waals surface area contributed by atoms with Gasteiger partial charge in [-0.25, -0.2) is 4.79 Å². The minimum Gasteiger partial charge on any atom is -0.444 e. The van der Waals surface area contributed by atoms with Crippen molar-refractivity contribution in [2.45, 2.75) is 45.3 Å². The number of carbonyl (C=O) groups is 2. The van der Waals surface area contributed by atoms with Crippen LogP contribution >= 0.6 is 15.9 Å². The number of ether oxygens (including phenoxy) is 1. The molecule has 0 N–H and O–H groups in total. The van der Waals surface area contributed by atoms with Crippen LogP contribution in [-0.4, -0.2) is 35.0 Å². The molecule has 0 radical (unpaired) electrons. The largest absolute Gasteiger partial charge is 0.444 e. The van der Waals surface area contributed by atoms with Gasteiger partial charge in [0.2, 0.25) is 0 Å². The van der Waals surface area contributed by atoms with Crippen molar-refractivity contribution in [3.05, 3.63) is 34.3 Å². The lowest BCUT2D eigenvalue weighted by Crippen LogP contribution is -2.43. The first-order valence-corrected chi connectivity index (χ1v) is 7.86. The minimum atomic E-state index is -0.551. The van der Waals surface area contributed by atoms with E-state index in [0.717, 1.165) is 10.9 Å². The molecule has 1 aliphatic heterocycles. The molecule has 1 atom stereocenters. The molecule has 5 heteroatoms. The lowest BCUT2D eigenvalue weighted by atomic mass is 10.0. The molecule has 21 heavy (non-hydrogen) atoms. The number of amides is 1. The van der Waals surface area contributed by atoms with Gasteiger partial charge in [0, 0.05) is 16.6 Å². The van der Waals surface area contributed by atoms with E-state index >= 15 is 0 Å². The third-order valence-corrected chi connectivity index (χ3v) is 3.84. The SMILES string of the molecule is CC(C)(C)OC(=O)N1CCC[C@H]1C(=O)c1ccc(Br)cc1. The van der Waals surface area contributed by atoms with Gasteiger partial charge in [0.1, 0.15) is 5.60 Å². The predicted molar refractivity (Wildman–Crippen MR) is 84.4 cm³/mol. The molecule has 0 bridgehead atoms. The first kappa shape index (κ1) is 16.0. The van der Waals surface area contributed by atoms with Crippen molar-refractivity contribution in [3.8, 4) is 0 Å². The van der Waals surface area contributed by atoms with E-state index in [4.69, 9.17) is 4.74 Å². The Morgan fingerprint density at radius 2 is 1.86 bits per heavy atom. The average Bonchev–Trinajstić information content (AvgIpc) is 2.86. The number of ketones is 1. The molecule has 114 valence electrons. The Labute approximate surface area is 133 Å². The number of benzene rings is 1. The maximum absolute atomic E-state index is 12.6. The van der Waals surface area contributed by atoms with Gasteiger partial charge in [0.15, 0.2) is 5.78 Å². The Balaban J connectivity index is 2.13. The first-order chi connectivity index (χ1) is 9.78. The molecule has 1 fully saturated rings. The first-order valence-electron chi connectivity index (χ1n) is 7.07. The van der Waals surface area contributed by atoms with Gasteiger partial charge in [-0.2, -0.15) is 0 Å². The van der Waals surface area contributed by atoms with Gasteiger partial charge < -0.3 is 4.74 Å². The maximum Gasteiger partial charge on any atom is 0.410 e. The van der Waals surface area contributed by atoms with Gasteiger partial charge >= 0.3 is 6.09 Å². The van der Waals surface area contributed by atoms with E-state index in [1.807, 2.05) is 32.9 Å². The van der Waals surface area contributed by atoms with Crippen molar-refractivity contribution in [1.82, 2.24) is 4.90 Å². The summed E-state index contributed by atoms with van der Waals surface area (Å²) in [6.45, 7) is 6.05. The van der Waals surface area contributed by atoms with Crippen LogP contribution in [0, 0.1) is 0 Å². The van der Waals surface area contributed by atoms with Crippen molar-refractivity contribution in [2.75, 3.05) is 6.54 Å². The second-order valence-electron chi connectivity index (χ2n) is 6.20. The molecule has 0 spiro atoms. The summed E-state index contributed by atoms with van der Waals surface area (Å²) in [5.41, 5.74) is 0.0730. The summed E-state index contributed by atoms with van der Waals surface area (Å²) < 4.78 is 6.31. The highest BCUT2D eigenvalue weighted by Gasteiger charge is 2.36. The number of Topliss-reactive ketones (excluding diaryl/α,β-unsaturated/α-hetero) is 1. The van der Waals surface area contributed by atoms with Crippen molar-refractivity contribution in [3.63, 3.8) is 0 Å². The van der Waals surface area contributed by atoms with Crippen molar-refractivity contribution in [1.29, 1.82) is 0 Å². The summed E-state index contributed by atoms with van der Waals surface area (Å²) >= 11 is 3.35. The van der Waals surface area contributed by atoms with Crippen molar-refractivity contribution < 1.29 is 14.3 Å². The highest BCUT2D eigenvalue weighted by Crippen LogP contribution is 2.24. The highest BCUT2D eigenvalue weighted by molar-refractivity contribution is 9.10. The van der Waals surface area contributed by atoms with Crippen LogP contribution < -0.4 is 0 Å². The number of halogens is 1. The summed E-state index contributed by atoms with van der Waals surface area (Å²) in [6, 6.07) is 6.80. The van der Waals surface area contributed by atoms with Crippen LogP contribution in [0.5, 0.6) is 0 Å². The normalized spacial score (nSPS) is 18.7. The van der Waals surface area contributed by atoms with E-state index in [2.05, 4.69) is 15.9 Å². The second kappa shape index (κ2) is 6.18. The van der Waals surface area contributed by atoms with Gasteiger partial charge in [-0.15, -0.1) is 0 Å². The molecule has 1 aromatic carbocycles. The van der Waals surface area contributed by atoms with Crippen LogP contribution in [0.1, 0.15) is 44.0 Å². The molecule has 4 nitrogen and oxygen atoms in total. The van der Waals surface area contributed by atoms with Crippen LogP contribution in [0.4, 0.5) is 4.79 Å². The van der Waals surface area contributed by atoms with Gasteiger partial charge in [0.05, 0.1) is 6.04 Å². The molecule has 0 unspecified atom stereocenters. The number of rotatable bonds is 2. The maximum atomic E-state index is 12.6. The molecule has 2 rings (SSSR count). The molecule has 0 aromatic heterocycles. The number of nitrogens with zero attached hydrogens (tertiary/aromatic N) is 1. The van der Waals surface area contributed by atoms with Crippen LogP contribution in [0.15, 0.2) is 28.7 Å². The quantitative estimate of drug-likeness (QED) is 0.754. The van der Waals surface area contributed by atoms with Gasteiger partial charge in [0.25, 0.3) is 0 Å². The predicted octanol–water partition coefficient (Wildman–Crippen LogP) is 4.03. The van der Waals surface area contributed by atoms with Crippen LogP contribution in [0.3, 0.4) is 0 Å². The van der Waals surface area contributed by atoms with E-state index in [1.54, 1.807) is 17.0 Å². The third kappa shape index (κ3) is 4.06. The van der Waals surface area contributed by atoms with E-state index in [1.165, 1.54) is 0 Å². The number of hydrogen-bond acceptors (Lipinski definition) is 3. The number of carbonyl (C=O) groups excluding carboxylic acids is 2. The third-order valence-electron chi connectivity index (χ3n) is 3.31. The summed E-state index contributed by atoms with van der Waals surface area (Å²) in [7, 11) is 0. The summed E-state index contributed by atoms with van der Waals surface area (Å²) in [6.07, 6.45) is 1.11. The zero-order valence-corrected chi connectivity index (χ0v) is 14.1. The molecule has 0 aliphatic carbocycles. The van der Waals surface area contributed by atoms with E-state index < -0.39 is 17.7 Å². The topological polar surface area (TPSA) is 46.6 Å². The van der Waals surface area contributed by atoms with Crippen LogP contribution in [0.25, 0.3) is 0 Å². The van der Waals surface area contributed by atoms with E-state index in [-0.39, 0.29) is 5.78 Å².